The van der Waals surface area contributed by atoms with Crippen molar-refractivity contribution < 1.29 is 0 Å². The second-order valence-corrected chi connectivity index (χ2v) is 13.6. The van der Waals surface area contributed by atoms with Crippen molar-refractivity contribution in [3.8, 4) is 11.1 Å². The van der Waals surface area contributed by atoms with E-state index in [9.17, 15) is 0 Å². The van der Waals surface area contributed by atoms with Gasteiger partial charge in [-0.15, -0.1) is 11.3 Å². The van der Waals surface area contributed by atoms with Gasteiger partial charge in [0.1, 0.15) is 0 Å². The number of anilines is 3. The molecule has 0 amide bonds. The molecule has 0 unspecified atom stereocenters. The minimum atomic E-state index is 1.13. The van der Waals surface area contributed by atoms with Gasteiger partial charge in [0.25, 0.3) is 0 Å². The molecule has 2 heteroatoms. The number of rotatable bonds is 4. The summed E-state index contributed by atoms with van der Waals surface area (Å²) in [6.07, 6.45) is 0. The largest absolute Gasteiger partial charge is 0.310 e. The fraction of sp³-hybridized carbons (Fsp3) is 0. The van der Waals surface area contributed by atoms with E-state index in [2.05, 4.69) is 181 Å². The quantitative estimate of drug-likeness (QED) is 0.176. The standard InChI is InChI=1S/C46H29NS/c1-2-15-35(16-3-1)47(42-19-10-20-43-46(42)41-27-32-12-4-5-13-33(32)29-44(41)48-43)36-24-21-31(22-25-36)40-28-34-14-7-9-18-38(34)45-37-17-8-6-11-30(37)23-26-39(40)45/h1-29H. The molecule has 0 saturated heterocycles. The summed E-state index contributed by atoms with van der Waals surface area (Å²) in [5.41, 5.74) is 5.93. The molecule has 0 N–H and O–H groups in total. The van der Waals surface area contributed by atoms with E-state index in [-0.39, 0.29) is 0 Å². The van der Waals surface area contributed by atoms with E-state index >= 15 is 0 Å². The van der Waals surface area contributed by atoms with Crippen LogP contribution in [0, 0.1) is 0 Å². The third-order valence-electron chi connectivity index (χ3n) is 9.78. The molecule has 10 rings (SSSR count). The molecule has 0 bridgehead atoms. The normalized spacial score (nSPS) is 11.8. The van der Waals surface area contributed by atoms with Gasteiger partial charge in [0, 0.05) is 31.5 Å². The lowest BCUT2D eigenvalue weighted by Gasteiger charge is -2.26. The van der Waals surface area contributed by atoms with Crippen molar-refractivity contribution in [1.82, 2.24) is 0 Å². The smallest absolute Gasteiger partial charge is 0.0554 e. The van der Waals surface area contributed by atoms with E-state index in [1.54, 1.807) is 0 Å². The maximum absolute atomic E-state index is 2.42. The number of nitrogens with zero attached hydrogens (tertiary/aromatic N) is 1. The molecule has 1 nitrogen and oxygen atoms in total. The maximum Gasteiger partial charge on any atom is 0.0554 e. The van der Waals surface area contributed by atoms with Crippen molar-refractivity contribution in [2.75, 3.05) is 4.90 Å². The van der Waals surface area contributed by atoms with Crippen molar-refractivity contribution >= 4 is 91.7 Å². The first-order valence-electron chi connectivity index (χ1n) is 16.4. The molecule has 0 radical (unpaired) electrons. The van der Waals surface area contributed by atoms with Crippen LogP contribution < -0.4 is 4.90 Å². The van der Waals surface area contributed by atoms with Crippen LogP contribution in [0.5, 0.6) is 0 Å². The summed E-state index contributed by atoms with van der Waals surface area (Å²) >= 11 is 1.87. The first-order chi connectivity index (χ1) is 23.8. The fourth-order valence-corrected chi connectivity index (χ4v) is 8.74. The van der Waals surface area contributed by atoms with E-state index in [4.69, 9.17) is 0 Å². The summed E-state index contributed by atoms with van der Waals surface area (Å²) in [5, 5.41) is 12.9. The zero-order valence-corrected chi connectivity index (χ0v) is 26.9. The summed E-state index contributed by atoms with van der Waals surface area (Å²) in [6.45, 7) is 0. The Hall–Kier alpha value is -5.96. The van der Waals surface area contributed by atoms with Crippen LogP contribution in [0.25, 0.3) is 74.4 Å². The predicted molar refractivity (Wildman–Crippen MR) is 209 cm³/mol. The van der Waals surface area contributed by atoms with Gasteiger partial charge in [-0.25, -0.2) is 0 Å². The highest BCUT2D eigenvalue weighted by atomic mass is 32.1. The van der Waals surface area contributed by atoms with Crippen molar-refractivity contribution in [2.24, 2.45) is 0 Å². The zero-order valence-electron chi connectivity index (χ0n) is 26.1. The van der Waals surface area contributed by atoms with Gasteiger partial charge in [-0.3, -0.25) is 0 Å². The topological polar surface area (TPSA) is 3.24 Å². The molecule has 0 atom stereocenters. The lowest BCUT2D eigenvalue weighted by atomic mass is 9.90. The van der Waals surface area contributed by atoms with Gasteiger partial charge in [0.15, 0.2) is 0 Å². The molecular formula is C46H29NS. The highest BCUT2D eigenvalue weighted by Crippen LogP contribution is 2.46. The van der Waals surface area contributed by atoms with Gasteiger partial charge in [0.05, 0.1) is 5.69 Å². The highest BCUT2D eigenvalue weighted by Gasteiger charge is 2.19. The number of benzene rings is 9. The first kappa shape index (κ1) is 27.2. The van der Waals surface area contributed by atoms with Crippen LogP contribution in [0.3, 0.4) is 0 Å². The Morgan fingerprint density at radius 3 is 1.79 bits per heavy atom. The van der Waals surface area contributed by atoms with Gasteiger partial charge < -0.3 is 4.90 Å². The second-order valence-electron chi connectivity index (χ2n) is 12.5. The van der Waals surface area contributed by atoms with E-state index in [0.717, 1.165) is 11.4 Å². The minimum absolute atomic E-state index is 1.13. The molecule has 0 saturated carbocycles. The van der Waals surface area contributed by atoms with E-state index < -0.39 is 0 Å². The number of fused-ring (bicyclic) bond motifs is 9. The third-order valence-corrected chi connectivity index (χ3v) is 10.9. The summed E-state index contributed by atoms with van der Waals surface area (Å²) in [5.74, 6) is 0. The Labute approximate surface area is 282 Å². The molecule has 224 valence electrons. The lowest BCUT2D eigenvalue weighted by molar-refractivity contribution is 1.30. The lowest BCUT2D eigenvalue weighted by Crippen LogP contribution is -2.10. The Balaban J connectivity index is 1.18. The Bertz CT molecular complexity index is 2810. The zero-order chi connectivity index (χ0) is 31.6. The molecule has 0 aliphatic rings. The van der Waals surface area contributed by atoms with Crippen LogP contribution in [0.4, 0.5) is 17.1 Å². The van der Waals surface area contributed by atoms with Crippen molar-refractivity contribution in [3.05, 3.63) is 176 Å². The Morgan fingerprint density at radius 1 is 0.354 bits per heavy atom. The highest BCUT2D eigenvalue weighted by molar-refractivity contribution is 7.26. The number of para-hydroxylation sites is 1. The van der Waals surface area contributed by atoms with Gasteiger partial charge in [0.2, 0.25) is 0 Å². The van der Waals surface area contributed by atoms with Crippen molar-refractivity contribution in [3.63, 3.8) is 0 Å². The van der Waals surface area contributed by atoms with Crippen LogP contribution in [0.1, 0.15) is 0 Å². The summed E-state index contributed by atoms with van der Waals surface area (Å²) < 4.78 is 2.61. The molecule has 1 aromatic heterocycles. The van der Waals surface area contributed by atoms with Gasteiger partial charge in [-0.2, -0.15) is 0 Å². The molecule has 0 fully saturated rings. The molecular weight excluding hydrogens is 599 g/mol. The maximum atomic E-state index is 2.42. The molecule has 9 aromatic carbocycles. The SMILES string of the molecule is c1ccc(N(c2ccc(-c3cc4ccccc4c4c3ccc3ccccc34)cc2)c2cccc3sc4cc5ccccc5cc4c23)cc1. The number of thiophene rings is 1. The van der Waals surface area contributed by atoms with Crippen LogP contribution in [-0.4, -0.2) is 0 Å². The molecule has 1 heterocycles. The van der Waals surface area contributed by atoms with Crippen molar-refractivity contribution in [2.45, 2.75) is 0 Å². The number of hydrogen-bond donors (Lipinski definition) is 0. The summed E-state index contributed by atoms with van der Waals surface area (Å²) in [6, 6.07) is 64.5. The van der Waals surface area contributed by atoms with E-state index in [1.807, 2.05) is 11.3 Å². The van der Waals surface area contributed by atoms with Gasteiger partial charge in [-0.05, 0) is 109 Å². The Morgan fingerprint density at radius 2 is 1.00 bits per heavy atom. The van der Waals surface area contributed by atoms with E-state index in [1.165, 1.54) is 80.1 Å². The number of hydrogen-bond acceptors (Lipinski definition) is 2. The minimum Gasteiger partial charge on any atom is -0.310 e. The Kier molecular flexibility index (Phi) is 6.12. The van der Waals surface area contributed by atoms with Crippen LogP contribution >= 0.6 is 11.3 Å². The van der Waals surface area contributed by atoms with Crippen molar-refractivity contribution in [1.29, 1.82) is 0 Å². The molecule has 0 aliphatic carbocycles. The average molecular weight is 628 g/mol. The molecule has 48 heavy (non-hydrogen) atoms. The third kappa shape index (κ3) is 4.24. The molecule has 10 aromatic rings. The van der Waals surface area contributed by atoms with Crippen LogP contribution in [-0.2, 0) is 0 Å². The predicted octanol–water partition coefficient (Wildman–Crippen LogP) is 13.8. The molecule has 0 spiro atoms. The molecule has 0 aliphatic heterocycles. The fourth-order valence-electron chi connectivity index (χ4n) is 7.58. The summed E-state index contributed by atoms with van der Waals surface area (Å²) in [4.78, 5) is 2.42. The van der Waals surface area contributed by atoms with Crippen LogP contribution in [0.2, 0.25) is 0 Å². The monoisotopic (exact) mass is 627 g/mol. The first-order valence-corrected chi connectivity index (χ1v) is 17.2. The van der Waals surface area contributed by atoms with Crippen LogP contribution in [0.15, 0.2) is 176 Å². The average Bonchev–Trinajstić information content (AvgIpc) is 3.52. The van der Waals surface area contributed by atoms with Gasteiger partial charge >= 0.3 is 0 Å². The second kappa shape index (κ2) is 10.8. The summed E-state index contributed by atoms with van der Waals surface area (Å²) in [7, 11) is 0. The van der Waals surface area contributed by atoms with E-state index in [0.29, 0.717) is 0 Å². The van der Waals surface area contributed by atoms with Gasteiger partial charge in [-0.1, -0.05) is 121 Å².